The minimum atomic E-state index is -4.90. The number of hydrogen-bond acceptors (Lipinski definition) is 11. The minimum absolute atomic E-state index is 0.00963. The zero-order chi connectivity index (χ0) is 33.2. The van der Waals surface area contributed by atoms with Crippen molar-refractivity contribution in [3.05, 3.63) is 46.9 Å². The quantitative estimate of drug-likeness (QED) is 0.270. The van der Waals surface area contributed by atoms with Crippen molar-refractivity contribution < 1.29 is 31.4 Å². The molecular formula is C31H32F5N9O2. The number of nitrogens with zero attached hydrogens (tertiary/aromatic N) is 7. The monoisotopic (exact) mass is 657 g/mol. The Morgan fingerprint density at radius 2 is 1.96 bits per heavy atom. The molecule has 0 bridgehead atoms. The lowest BCUT2D eigenvalue weighted by molar-refractivity contribution is -0.137. The van der Waals surface area contributed by atoms with Gasteiger partial charge in [0.2, 0.25) is 5.88 Å². The maximum absolute atomic E-state index is 16.7. The zero-order valence-electron chi connectivity index (χ0n) is 25.6. The van der Waals surface area contributed by atoms with Gasteiger partial charge in [0.15, 0.2) is 5.82 Å². The normalized spacial score (nSPS) is 21.9. The fourth-order valence-electron chi connectivity index (χ4n) is 7.19. The summed E-state index contributed by atoms with van der Waals surface area (Å²) in [5.41, 5.74) is 8.78. The molecule has 1 unspecified atom stereocenters. The smallest absolute Gasteiger partial charge is 0.418 e. The van der Waals surface area contributed by atoms with E-state index in [9.17, 15) is 17.6 Å². The highest BCUT2D eigenvalue weighted by molar-refractivity contribution is 5.97. The summed E-state index contributed by atoms with van der Waals surface area (Å²) in [5, 5.41) is 0.0324. The summed E-state index contributed by atoms with van der Waals surface area (Å²) in [5.74, 6) is -1.17. The van der Waals surface area contributed by atoms with E-state index in [0.717, 1.165) is 19.0 Å². The standard InChI is InChI=1S/C31H32F5N9O2/c1-15-11-19(37)40-24(21(15)31(34,35)36)25-22(33)23-20-27(43-29(42-23)47-14-30-6-4-8-44(30)13-17(32)12-30)45(9-10-46-28(20)41-25)16(2)18-5-3-7-39-26(18)38/h3,5,7,11,16-17H,4,6,8-10,12-14H2,1-2H3,(H2,37,40)(H2,38,39)/t16?,17-,30+/m1/s1. The highest BCUT2D eigenvalue weighted by atomic mass is 19.4. The number of rotatable bonds is 6. The highest BCUT2D eigenvalue weighted by Gasteiger charge is 2.49. The average Bonchev–Trinajstić information content (AvgIpc) is 3.46. The highest BCUT2D eigenvalue weighted by Crippen LogP contribution is 2.45. The molecule has 0 aliphatic carbocycles. The average molecular weight is 658 g/mol. The van der Waals surface area contributed by atoms with E-state index in [1.54, 1.807) is 23.2 Å². The van der Waals surface area contributed by atoms with Gasteiger partial charge in [-0.1, -0.05) is 6.07 Å². The van der Waals surface area contributed by atoms with Crippen LogP contribution < -0.4 is 25.8 Å². The first-order valence-electron chi connectivity index (χ1n) is 15.2. The Hall–Kier alpha value is -4.60. The fourth-order valence-corrected chi connectivity index (χ4v) is 7.19. The summed E-state index contributed by atoms with van der Waals surface area (Å²) in [6, 6.07) is 3.89. The lowest BCUT2D eigenvalue weighted by Crippen LogP contribution is -2.43. The van der Waals surface area contributed by atoms with Gasteiger partial charge in [-0.2, -0.15) is 23.1 Å². The number of halogens is 5. The third kappa shape index (κ3) is 5.27. The molecule has 11 nitrogen and oxygen atoms in total. The van der Waals surface area contributed by atoms with Crippen molar-refractivity contribution in [1.82, 2.24) is 29.8 Å². The summed E-state index contributed by atoms with van der Waals surface area (Å²) in [7, 11) is 0. The summed E-state index contributed by atoms with van der Waals surface area (Å²) in [4.78, 5) is 25.2. The van der Waals surface area contributed by atoms with Gasteiger partial charge in [-0.3, -0.25) is 4.90 Å². The first kappa shape index (κ1) is 31.0. The van der Waals surface area contributed by atoms with Gasteiger partial charge >= 0.3 is 12.2 Å². The van der Waals surface area contributed by atoms with E-state index in [0.29, 0.717) is 18.5 Å². The summed E-state index contributed by atoms with van der Waals surface area (Å²) < 4.78 is 86.2. The van der Waals surface area contributed by atoms with Crippen molar-refractivity contribution in [2.75, 3.05) is 49.2 Å². The molecule has 3 aliphatic rings. The predicted molar refractivity (Wildman–Crippen MR) is 163 cm³/mol. The first-order valence-corrected chi connectivity index (χ1v) is 15.2. The number of pyridine rings is 3. The van der Waals surface area contributed by atoms with Crippen LogP contribution in [0.3, 0.4) is 0 Å². The molecule has 47 heavy (non-hydrogen) atoms. The van der Waals surface area contributed by atoms with E-state index >= 15 is 4.39 Å². The number of ether oxygens (including phenoxy) is 2. The van der Waals surface area contributed by atoms with Crippen LogP contribution in [0.25, 0.3) is 22.3 Å². The van der Waals surface area contributed by atoms with Gasteiger partial charge in [-0.15, -0.1) is 0 Å². The maximum Gasteiger partial charge on any atom is 0.418 e. The Labute approximate surface area is 266 Å². The Morgan fingerprint density at radius 1 is 1.15 bits per heavy atom. The van der Waals surface area contributed by atoms with Gasteiger partial charge in [0.1, 0.15) is 59.1 Å². The van der Waals surface area contributed by atoms with Crippen molar-refractivity contribution in [3.8, 4) is 23.3 Å². The summed E-state index contributed by atoms with van der Waals surface area (Å²) in [6.45, 7) is 4.35. The Bertz CT molecular complexity index is 1880. The van der Waals surface area contributed by atoms with Gasteiger partial charge in [0.25, 0.3) is 0 Å². The third-order valence-electron chi connectivity index (χ3n) is 9.32. The lowest BCUT2D eigenvalue weighted by atomic mass is 9.95. The molecule has 0 saturated carbocycles. The van der Waals surface area contributed by atoms with E-state index in [1.807, 2.05) is 11.8 Å². The van der Waals surface area contributed by atoms with E-state index in [-0.39, 0.29) is 72.0 Å². The molecule has 7 rings (SSSR count). The number of nitrogen functional groups attached to an aromatic ring is 2. The second-order valence-corrected chi connectivity index (χ2v) is 12.3. The molecule has 2 saturated heterocycles. The summed E-state index contributed by atoms with van der Waals surface area (Å²) >= 11 is 0. The van der Waals surface area contributed by atoms with Crippen molar-refractivity contribution in [3.63, 3.8) is 0 Å². The Morgan fingerprint density at radius 3 is 2.72 bits per heavy atom. The molecule has 0 spiro atoms. The Balaban J connectivity index is 1.43. The molecule has 16 heteroatoms. The molecule has 4 N–H and O–H groups in total. The maximum atomic E-state index is 16.7. The SMILES string of the molecule is Cc1cc(N)nc(-c2nc3c4c(nc(OC[C@@]56CCCN5C[C@H](F)C6)nc4c2F)N(C(C)c2cccnc2N)CCO3)c1C(F)(F)F. The van der Waals surface area contributed by atoms with Crippen LogP contribution in [0.2, 0.25) is 0 Å². The Kier molecular flexibility index (Phi) is 7.44. The van der Waals surface area contributed by atoms with Crippen LogP contribution in [0.5, 0.6) is 11.9 Å². The molecule has 248 valence electrons. The van der Waals surface area contributed by atoms with Crippen molar-refractivity contribution in [2.45, 2.75) is 57.0 Å². The fraction of sp³-hybridized carbons (Fsp3) is 0.452. The third-order valence-corrected chi connectivity index (χ3v) is 9.32. The topological polar surface area (TPSA) is 141 Å². The van der Waals surface area contributed by atoms with Crippen LogP contribution >= 0.6 is 0 Å². The number of alkyl halides is 4. The van der Waals surface area contributed by atoms with Gasteiger partial charge in [0, 0.05) is 24.7 Å². The molecule has 4 aromatic rings. The number of aromatic nitrogens is 5. The van der Waals surface area contributed by atoms with E-state index < -0.39 is 46.7 Å². The van der Waals surface area contributed by atoms with Crippen LogP contribution in [-0.4, -0.2) is 74.4 Å². The van der Waals surface area contributed by atoms with Crippen LogP contribution in [0.1, 0.15) is 48.9 Å². The van der Waals surface area contributed by atoms with Crippen molar-refractivity contribution in [2.24, 2.45) is 0 Å². The van der Waals surface area contributed by atoms with Crippen LogP contribution in [-0.2, 0) is 6.18 Å². The molecule has 0 amide bonds. The molecule has 3 atom stereocenters. The second kappa shape index (κ2) is 11.3. The van der Waals surface area contributed by atoms with Crippen LogP contribution in [0.4, 0.5) is 39.4 Å². The van der Waals surface area contributed by atoms with Gasteiger partial charge in [0.05, 0.1) is 23.7 Å². The largest absolute Gasteiger partial charge is 0.475 e. The zero-order valence-corrected chi connectivity index (χ0v) is 25.6. The van der Waals surface area contributed by atoms with Crippen molar-refractivity contribution >= 4 is 28.4 Å². The molecule has 4 aromatic heterocycles. The second-order valence-electron chi connectivity index (χ2n) is 12.3. The number of aryl methyl sites for hydroxylation is 1. The van der Waals surface area contributed by atoms with Gasteiger partial charge < -0.3 is 25.8 Å². The number of nitrogens with two attached hydrogens (primary N) is 2. The van der Waals surface area contributed by atoms with Crippen molar-refractivity contribution in [1.29, 1.82) is 0 Å². The van der Waals surface area contributed by atoms with E-state index in [2.05, 4.69) is 24.9 Å². The van der Waals surface area contributed by atoms with Crippen LogP contribution in [0.15, 0.2) is 24.4 Å². The molecule has 2 fully saturated rings. The molecule has 3 aliphatic heterocycles. The van der Waals surface area contributed by atoms with E-state index in [4.69, 9.17) is 20.9 Å². The molecule has 0 radical (unpaired) electrons. The van der Waals surface area contributed by atoms with Crippen LogP contribution in [0, 0.1) is 12.7 Å². The first-order chi connectivity index (χ1) is 22.4. The minimum Gasteiger partial charge on any atom is -0.475 e. The molecular weight excluding hydrogens is 625 g/mol. The van der Waals surface area contributed by atoms with Gasteiger partial charge in [-0.05, 0) is 50.9 Å². The number of anilines is 3. The lowest BCUT2D eigenvalue weighted by Gasteiger charge is -2.32. The summed E-state index contributed by atoms with van der Waals surface area (Å²) in [6.07, 6.45) is -2.50. The van der Waals surface area contributed by atoms with Gasteiger partial charge in [-0.25, -0.2) is 23.7 Å². The number of hydrogen-bond donors (Lipinski definition) is 2. The molecule has 0 aromatic carbocycles. The van der Waals surface area contributed by atoms with E-state index in [1.165, 1.54) is 6.92 Å². The predicted octanol–water partition coefficient (Wildman–Crippen LogP) is 5.03. The molecule has 7 heterocycles. The number of fused-ring (bicyclic) bond motifs is 1.